The molecule has 1 amide bonds. The number of halogens is 1. The Bertz CT molecular complexity index is 1030. The van der Waals surface area contributed by atoms with Crippen molar-refractivity contribution in [2.45, 2.75) is 18.9 Å². The number of amides is 1. The SMILES string of the molecule is Cc1cc(CO)c(-c2ccc(C3(C(=O)Nc4ccc(Br)cc4)COC3)cc2)cn1. The van der Waals surface area contributed by atoms with Crippen LogP contribution in [-0.4, -0.2) is 29.2 Å². The molecule has 148 valence electrons. The first-order valence-corrected chi connectivity index (χ1v) is 10.1. The van der Waals surface area contributed by atoms with Crippen LogP contribution in [0.5, 0.6) is 0 Å². The minimum Gasteiger partial charge on any atom is -0.392 e. The van der Waals surface area contributed by atoms with Gasteiger partial charge in [0.1, 0.15) is 5.41 Å². The molecule has 0 bridgehead atoms. The van der Waals surface area contributed by atoms with E-state index in [1.54, 1.807) is 6.20 Å². The summed E-state index contributed by atoms with van der Waals surface area (Å²) in [6.45, 7) is 2.55. The van der Waals surface area contributed by atoms with Gasteiger partial charge in [-0.3, -0.25) is 9.78 Å². The van der Waals surface area contributed by atoms with E-state index in [1.165, 1.54) is 0 Å². The maximum Gasteiger partial charge on any atom is 0.239 e. The van der Waals surface area contributed by atoms with Gasteiger partial charge in [-0.2, -0.15) is 0 Å². The number of carbonyl (C=O) groups is 1. The number of aryl methyl sites for hydroxylation is 1. The van der Waals surface area contributed by atoms with Crippen LogP contribution in [-0.2, 0) is 21.6 Å². The lowest BCUT2D eigenvalue weighted by Crippen LogP contribution is -2.55. The molecule has 2 N–H and O–H groups in total. The summed E-state index contributed by atoms with van der Waals surface area (Å²) >= 11 is 3.40. The first-order chi connectivity index (χ1) is 14.0. The Hall–Kier alpha value is -2.54. The summed E-state index contributed by atoms with van der Waals surface area (Å²) in [6.07, 6.45) is 1.78. The average Bonchev–Trinajstić information content (AvgIpc) is 2.69. The van der Waals surface area contributed by atoms with Gasteiger partial charge < -0.3 is 15.2 Å². The molecule has 29 heavy (non-hydrogen) atoms. The monoisotopic (exact) mass is 452 g/mol. The largest absolute Gasteiger partial charge is 0.392 e. The van der Waals surface area contributed by atoms with Gasteiger partial charge in [0, 0.05) is 27.6 Å². The van der Waals surface area contributed by atoms with Crippen molar-refractivity contribution in [3.05, 3.63) is 82.1 Å². The first kappa shape index (κ1) is 19.8. The van der Waals surface area contributed by atoms with E-state index >= 15 is 0 Å². The standard InChI is InChI=1S/C23H21BrN2O3/c1-15-10-17(12-27)21(11-25-15)16-2-4-18(5-3-16)23(13-29-14-23)22(28)26-20-8-6-19(24)7-9-20/h2-11,27H,12-14H2,1H3,(H,26,28). The molecule has 0 atom stereocenters. The van der Waals surface area contributed by atoms with E-state index in [2.05, 4.69) is 26.2 Å². The van der Waals surface area contributed by atoms with Crippen molar-refractivity contribution in [3.63, 3.8) is 0 Å². The van der Waals surface area contributed by atoms with Crippen molar-refractivity contribution in [1.82, 2.24) is 4.98 Å². The summed E-state index contributed by atoms with van der Waals surface area (Å²) in [5.41, 5.74) is 4.50. The lowest BCUT2D eigenvalue weighted by Gasteiger charge is -2.40. The van der Waals surface area contributed by atoms with Crippen LogP contribution in [0, 0.1) is 6.92 Å². The zero-order chi connectivity index (χ0) is 20.4. The predicted octanol–water partition coefficient (Wildman–Crippen LogP) is 4.22. The normalized spacial score (nSPS) is 14.9. The second-order valence-electron chi connectivity index (χ2n) is 7.25. The Labute approximate surface area is 177 Å². The Morgan fingerprint density at radius 3 is 2.45 bits per heavy atom. The van der Waals surface area contributed by atoms with Gasteiger partial charge in [-0.05, 0) is 53.9 Å². The topological polar surface area (TPSA) is 71.5 Å². The molecule has 1 fully saturated rings. The third kappa shape index (κ3) is 3.83. The van der Waals surface area contributed by atoms with Crippen LogP contribution >= 0.6 is 15.9 Å². The van der Waals surface area contributed by atoms with E-state index in [4.69, 9.17) is 4.74 Å². The van der Waals surface area contributed by atoms with Crippen molar-refractivity contribution < 1.29 is 14.6 Å². The predicted molar refractivity (Wildman–Crippen MR) is 116 cm³/mol. The molecule has 0 radical (unpaired) electrons. The number of anilines is 1. The number of benzene rings is 2. The number of rotatable bonds is 5. The molecule has 1 aromatic heterocycles. The highest BCUT2D eigenvalue weighted by Crippen LogP contribution is 2.35. The number of aliphatic hydroxyl groups excluding tert-OH is 1. The third-order valence-electron chi connectivity index (χ3n) is 5.28. The number of aliphatic hydroxyl groups is 1. The van der Waals surface area contributed by atoms with Crippen LogP contribution in [0.25, 0.3) is 11.1 Å². The highest BCUT2D eigenvalue weighted by Gasteiger charge is 2.47. The quantitative estimate of drug-likeness (QED) is 0.607. The number of ether oxygens (including phenoxy) is 1. The number of hydrogen-bond donors (Lipinski definition) is 2. The molecule has 5 nitrogen and oxygen atoms in total. The fourth-order valence-electron chi connectivity index (χ4n) is 3.50. The molecule has 1 aliphatic rings. The number of hydrogen-bond acceptors (Lipinski definition) is 4. The fraction of sp³-hybridized carbons (Fsp3) is 0.217. The molecule has 0 unspecified atom stereocenters. The summed E-state index contributed by atoms with van der Waals surface area (Å²) in [5, 5.41) is 12.7. The van der Waals surface area contributed by atoms with Crippen molar-refractivity contribution in [2.75, 3.05) is 18.5 Å². The smallest absolute Gasteiger partial charge is 0.239 e. The Kier molecular flexibility index (Phi) is 5.50. The highest BCUT2D eigenvalue weighted by atomic mass is 79.9. The van der Waals surface area contributed by atoms with E-state index in [-0.39, 0.29) is 12.5 Å². The summed E-state index contributed by atoms with van der Waals surface area (Å²) in [5.74, 6) is -0.0770. The molecule has 6 heteroatoms. The number of nitrogens with one attached hydrogen (secondary N) is 1. The van der Waals surface area contributed by atoms with Crippen LogP contribution in [0.15, 0.2) is 65.3 Å². The number of carbonyl (C=O) groups excluding carboxylic acids is 1. The van der Waals surface area contributed by atoms with E-state index in [0.29, 0.717) is 13.2 Å². The van der Waals surface area contributed by atoms with Crippen LogP contribution in [0.2, 0.25) is 0 Å². The van der Waals surface area contributed by atoms with Crippen LogP contribution < -0.4 is 5.32 Å². The van der Waals surface area contributed by atoms with Crippen molar-refractivity contribution in [1.29, 1.82) is 0 Å². The van der Waals surface area contributed by atoms with Crippen molar-refractivity contribution in [3.8, 4) is 11.1 Å². The van der Waals surface area contributed by atoms with Gasteiger partial charge in [-0.25, -0.2) is 0 Å². The summed E-state index contributed by atoms with van der Waals surface area (Å²) in [6, 6.07) is 17.2. The lowest BCUT2D eigenvalue weighted by atomic mass is 9.77. The molecule has 1 aliphatic heterocycles. The first-order valence-electron chi connectivity index (χ1n) is 9.34. The Balaban J connectivity index is 1.60. The van der Waals surface area contributed by atoms with Gasteiger partial charge in [0.25, 0.3) is 0 Å². The molecular weight excluding hydrogens is 432 g/mol. The third-order valence-corrected chi connectivity index (χ3v) is 5.81. The fourth-order valence-corrected chi connectivity index (χ4v) is 3.76. The molecule has 1 saturated heterocycles. The maximum atomic E-state index is 13.0. The average molecular weight is 453 g/mol. The van der Waals surface area contributed by atoms with Crippen molar-refractivity contribution in [2.24, 2.45) is 0 Å². The Morgan fingerprint density at radius 2 is 1.86 bits per heavy atom. The molecule has 0 spiro atoms. The van der Waals surface area contributed by atoms with Crippen LogP contribution in [0.4, 0.5) is 5.69 Å². The zero-order valence-corrected chi connectivity index (χ0v) is 17.6. The second kappa shape index (κ2) is 8.06. The molecule has 2 heterocycles. The zero-order valence-electron chi connectivity index (χ0n) is 16.0. The number of pyridine rings is 1. The van der Waals surface area contributed by atoms with Crippen molar-refractivity contribution >= 4 is 27.5 Å². The van der Waals surface area contributed by atoms with Gasteiger partial charge in [0.15, 0.2) is 0 Å². The lowest BCUT2D eigenvalue weighted by molar-refractivity contribution is -0.139. The maximum absolute atomic E-state index is 13.0. The molecule has 2 aromatic carbocycles. The minimum absolute atomic E-state index is 0.0478. The van der Waals surface area contributed by atoms with Crippen LogP contribution in [0.3, 0.4) is 0 Å². The number of aromatic nitrogens is 1. The highest BCUT2D eigenvalue weighted by molar-refractivity contribution is 9.10. The summed E-state index contributed by atoms with van der Waals surface area (Å²) in [7, 11) is 0. The van der Waals surface area contributed by atoms with Gasteiger partial charge in [0.2, 0.25) is 5.91 Å². The summed E-state index contributed by atoms with van der Waals surface area (Å²) < 4.78 is 6.38. The molecule has 0 aliphatic carbocycles. The van der Waals surface area contributed by atoms with Gasteiger partial charge >= 0.3 is 0 Å². The minimum atomic E-state index is -0.697. The van der Waals surface area contributed by atoms with Gasteiger partial charge in [-0.1, -0.05) is 40.2 Å². The van der Waals surface area contributed by atoms with Gasteiger partial charge in [-0.15, -0.1) is 0 Å². The molecule has 4 rings (SSSR count). The van der Waals surface area contributed by atoms with E-state index in [0.717, 1.165) is 38.1 Å². The molecular formula is C23H21BrN2O3. The molecule has 0 saturated carbocycles. The van der Waals surface area contributed by atoms with E-state index in [1.807, 2.05) is 61.5 Å². The second-order valence-corrected chi connectivity index (χ2v) is 8.17. The van der Waals surface area contributed by atoms with Gasteiger partial charge in [0.05, 0.1) is 19.8 Å². The van der Waals surface area contributed by atoms with Crippen LogP contribution in [0.1, 0.15) is 16.8 Å². The summed E-state index contributed by atoms with van der Waals surface area (Å²) in [4.78, 5) is 17.4. The van der Waals surface area contributed by atoms with E-state index < -0.39 is 5.41 Å². The molecule has 3 aromatic rings. The Morgan fingerprint density at radius 1 is 1.17 bits per heavy atom. The van der Waals surface area contributed by atoms with E-state index in [9.17, 15) is 9.90 Å². The number of nitrogens with zero attached hydrogens (tertiary/aromatic N) is 1.